The van der Waals surface area contributed by atoms with E-state index in [4.69, 9.17) is 0 Å². The molecule has 0 N–H and O–H groups in total. The van der Waals surface area contributed by atoms with Gasteiger partial charge in [-0.1, -0.05) is 22.9 Å². The number of alkyl halides is 1. The van der Waals surface area contributed by atoms with E-state index in [0.717, 1.165) is 11.8 Å². The summed E-state index contributed by atoms with van der Waals surface area (Å²) in [4.78, 5) is 12.2. The van der Waals surface area contributed by atoms with Crippen LogP contribution in [0.25, 0.3) is 0 Å². The predicted octanol–water partition coefficient (Wildman–Crippen LogP) is 3.56. The molecule has 2 unspecified atom stereocenters. The molecule has 15 heavy (non-hydrogen) atoms. The van der Waals surface area contributed by atoms with Gasteiger partial charge >= 0.3 is 0 Å². The third kappa shape index (κ3) is 1.44. The number of Topliss-reactive ketones (excluding diaryl/α,β-unsaturated/α-hetero) is 1. The van der Waals surface area contributed by atoms with E-state index in [9.17, 15) is 4.79 Å². The second kappa shape index (κ2) is 3.09. The summed E-state index contributed by atoms with van der Waals surface area (Å²) < 4.78 is 0. The standard InChI is InChI=1S/C13H19BrO/c1-12-3-9-2-10(4-12)6-13(5-9,8-12)11(15)7-14/h9-10H,2-8H2,1H3. The summed E-state index contributed by atoms with van der Waals surface area (Å²) in [6, 6.07) is 0. The maximum atomic E-state index is 12.2. The fraction of sp³-hybridized carbons (Fsp3) is 0.923. The average Bonchev–Trinajstić information content (AvgIpc) is 2.12. The molecule has 0 aromatic rings. The number of hydrogen-bond donors (Lipinski definition) is 0. The second-order valence-corrected chi connectivity index (χ2v) is 7.17. The highest BCUT2D eigenvalue weighted by atomic mass is 79.9. The van der Waals surface area contributed by atoms with E-state index in [1.165, 1.54) is 38.5 Å². The molecule has 2 atom stereocenters. The van der Waals surface area contributed by atoms with Gasteiger partial charge in [-0.2, -0.15) is 0 Å². The zero-order valence-corrected chi connectivity index (χ0v) is 11.0. The van der Waals surface area contributed by atoms with Gasteiger partial charge in [0.15, 0.2) is 0 Å². The van der Waals surface area contributed by atoms with Gasteiger partial charge < -0.3 is 0 Å². The molecule has 0 aliphatic heterocycles. The number of ketones is 1. The largest absolute Gasteiger partial charge is 0.298 e. The molecule has 4 rings (SSSR count). The summed E-state index contributed by atoms with van der Waals surface area (Å²) in [7, 11) is 0. The van der Waals surface area contributed by atoms with Crippen molar-refractivity contribution in [1.29, 1.82) is 0 Å². The van der Waals surface area contributed by atoms with Gasteiger partial charge in [-0.3, -0.25) is 4.79 Å². The molecule has 1 nitrogen and oxygen atoms in total. The monoisotopic (exact) mass is 270 g/mol. The Kier molecular flexibility index (Phi) is 2.12. The molecule has 4 fully saturated rings. The van der Waals surface area contributed by atoms with E-state index < -0.39 is 0 Å². The molecule has 4 saturated carbocycles. The smallest absolute Gasteiger partial charge is 0.149 e. The molecule has 2 heteroatoms. The first-order chi connectivity index (χ1) is 7.05. The van der Waals surface area contributed by atoms with E-state index >= 15 is 0 Å². The van der Waals surface area contributed by atoms with Crippen molar-refractivity contribution in [3.8, 4) is 0 Å². The van der Waals surface area contributed by atoms with Crippen molar-refractivity contribution in [2.45, 2.75) is 45.4 Å². The van der Waals surface area contributed by atoms with Crippen LogP contribution in [-0.4, -0.2) is 11.1 Å². The van der Waals surface area contributed by atoms with Crippen LogP contribution in [0.15, 0.2) is 0 Å². The number of hydrogen-bond acceptors (Lipinski definition) is 1. The van der Waals surface area contributed by atoms with Gasteiger partial charge in [0.05, 0.1) is 5.33 Å². The van der Waals surface area contributed by atoms with Crippen LogP contribution in [0.4, 0.5) is 0 Å². The van der Waals surface area contributed by atoms with Crippen molar-refractivity contribution >= 4 is 21.7 Å². The molecule has 0 aromatic heterocycles. The number of halogens is 1. The highest BCUT2D eigenvalue weighted by Gasteiger charge is 2.58. The first kappa shape index (κ1) is 10.3. The van der Waals surface area contributed by atoms with Gasteiger partial charge in [0.25, 0.3) is 0 Å². The van der Waals surface area contributed by atoms with Crippen LogP contribution in [0.5, 0.6) is 0 Å². The Morgan fingerprint density at radius 1 is 1.27 bits per heavy atom. The third-order valence-electron chi connectivity index (χ3n) is 5.07. The Bertz CT molecular complexity index is 296. The molecular weight excluding hydrogens is 252 g/mol. The summed E-state index contributed by atoms with van der Waals surface area (Å²) in [5, 5.41) is 0.572. The van der Waals surface area contributed by atoms with E-state index in [0.29, 0.717) is 16.5 Å². The fourth-order valence-electron chi connectivity index (χ4n) is 5.19. The quantitative estimate of drug-likeness (QED) is 0.702. The van der Waals surface area contributed by atoms with Gasteiger partial charge in [0.2, 0.25) is 0 Å². The average molecular weight is 271 g/mol. The zero-order chi connectivity index (χ0) is 10.7. The molecule has 0 amide bonds. The molecule has 4 aliphatic rings. The van der Waals surface area contributed by atoms with Crippen molar-refractivity contribution in [2.24, 2.45) is 22.7 Å². The maximum Gasteiger partial charge on any atom is 0.149 e. The van der Waals surface area contributed by atoms with Crippen molar-refractivity contribution in [1.82, 2.24) is 0 Å². The molecule has 0 saturated heterocycles. The molecular formula is C13H19BrO. The highest BCUT2D eigenvalue weighted by molar-refractivity contribution is 9.09. The van der Waals surface area contributed by atoms with Crippen LogP contribution in [-0.2, 0) is 4.79 Å². The van der Waals surface area contributed by atoms with Crippen LogP contribution in [0.2, 0.25) is 0 Å². The summed E-state index contributed by atoms with van der Waals surface area (Å²) in [5.74, 6) is 2.21. The van der Waals surface area contributed by atoms with Gasteiger partial charge in [-0.25, -0.2) is 0 Å². The Hall–Kier alpha value is 0.150. The fourth-order valence-corrected chi connectivity index (χ4v) is 5.78. The van der Waals surface area contributed by atoms with Crippen molar-refractivity contribution < 1.29 is 4.79 Å². The summed E-state index contributed by atoms with van der Waals surface area (Å²) >= 11 is 3.37. The Morgan fingerprint density at radius 3 is 2.33 bits per heavy atom. The van der Waals surface area contributed by atoms with Crippen LogP contribution >= 0.6 is 15.9 Å². The lowest BCUT2D eigenvalue weighted by atomic mass is 9.44. The van der Waals surface area contributed by atoms with Crippen LogP contribution in [0, 0.1) is 22.7 Å². The molecule has 84 valence electrons. The lowest BCUT2D eigenvalue weighted by molar-refractivity contribution is -0.150. The molecule has 4 bridgehead atoms. The molecule has 0 spiro atoms. The topological polar surface area (TPSA) is 17.1 Å². The second-order valence-electron chi connectivity index (χ2n) is 6.61. The van der Waals surface area contributed by atoms with Crippen LogP contribution in [0.1, 0.15) is 45.4 Å². The molecule has 0 radical (unpaired) electrons. The minimum atomic E-state index is 0.0856. The summed E-state index contributed by atoms with van der Waals surface area (Å²) in [5.41, 5.74) is 0.588. The maximum absolute atomic E-state index is 12.2. The summed E-state index contributed by atoms with van der Waals surface area (Å²) in [6.45, 7) is 2.42. The Balaban J connectivity index is 1.96. The lowest BCUT2D eigenvalue weighted by Crippen LogP contribution is -2.54. The van der Waals surface area contributed by atoms with E-state index in [2.05, 4.69) is 22.9 Å². The lowest BCUT2D eigenvalue weighted by Gasteiger charge is -2.60. The number of carbonyl (C=O) groups is 1. The van der Waals surface area contributed by atoms with Gasteiger partial charge in [-0.05, 0) is 55.8 Å². The minimum Gasteiger partial charge on any atom is -0.298 e. The van der Waals surface area contributed by atoms with Crippen LogP contribution < -0.4 is 0 Å². The first-order valence-corrected chi connectivity index (χ1v) is 7.27. The van der Waals surface area contributed by atoms with Gasteiger partial charge in [-0.15, -0.1) is 0 Å². The minimum absolute atomic E-state index is 0.0856. The van der Waals surface area contributed by atoms with E-state index in [1.54, 1.807) is 0 Å². The molecule has 0 heterocycles. The van der Waals surface area contributed by atoms with Gasteiger partial charge in [0.1, 0.15) is 5.78 Å². The molecule has 0 aromatic carbocycles. The van der Waals surface area contributed by atoms with Crippen LogP contribution in [0.3, 0.4) is 0 Å². The van der Waals surface area contributed by atoms with E-state index in [-0.39, 0.29) is 5.41 Å². The Labute approximate surface area is 100 Å². The van der Waals surface area contributed by atoms with Crippen molar-refractivity contribution in [3.05, 3.63) is 0 Å². The first-order valence-electron chi connectivity index (χ1n) is 6.15. The normalized spacial score (nSPS) is 52.1. The SMILES string of the molecule is CC12CC3CC(C1)CC(C(=O)CBr)(C3)C2. The third-order valence-corrected chi connectivity index (χ3v) is 5.58. The Morgan fingerprint density at radius 2 is 1.87 bits per heavy atom. The highest BCUT2D eigenvalue weighted by Crippen LogP contribution is 2.65. The predicted molar refractivity (Wildman–Crippen MR) is 64.0 cm³/mol. The molecule has 4 aliphatic carbocycles. The number of rotatable bonds is 2. The van der Waals surface area contributed by atoms with Gasteiger partial charge in [0, 0.05) is 5.41 Å². The number of carbonyl (C=O) groups excluding carboxylic acids is 1. The van der Waals surface area contributed by atoms with Crippen molar-refractivity contribution in [3.63, 3.8) is 0 Å². The van der Waals surface area contributed by atoms with Crippen molar-refractivity contribution in [2.75, 3.05) is 5.33 Å². The zero-order valence-electron chi connectivity index (χ0n) is 9.39. The van der Waals surface area contributed by atoms with E-state index in [1.807, 2.05) is 0 Å². The summed E-state index contributed by atoms with van der Waals surface area (Å²) in [6.07, 6.45) is 7.76.